The molecule has 3 rings (SSSR count). The minimum Gasteiger partial charge on any atom is -0.496 e. The zero-order valence-corrected chi connectivity index (χ0v) is 9.97. The van der Waals surface area contributed by atoms with Crippen LogP contribution >= 0.6 is 0 Å². The van der Waals surface area contributed by atoms with E-state index in [2.05, 4.69) is 0 Å². The van der Waals surface area contributed by atoms with E-state index < -0.39 is 7.04 Å². The van der Waals surface area contributed by atoms with Crippen LogP contribution in [-0.2, 0) is 9.47 Å². The Morgan fingerprint density at radius 2 is 2.44 bits per heavy atom. The summed E-state index contributed by atoms with van der Waals surface area (Å²) in [6.45, 7) is 0.688. The summed E-state index contributed by atoms with van der Waals surface area (Å²) in [5, 5.41) is 0. The van der Waals surface area contributed by atoms with E-state index in [1.165, 1.54) is 7.11 Å². The highest BCUT2D eigenvalue weighted by Crippen LogP contribution is 2.50. The molecule has 0 saturated carbocycles. The van der Waals surface area contributed by atoms with Gasteiger partial charge in [0.1, 0.15) is 17.2 Å². The van der Waals surface area contributed by atoms with Crippen LogP contribution in [-0.4, -0.2) is 33.8 Å². The summed E-state index contributed by atoms with van der Waals surface area (Å²) in [5.74, 6) is 1.30. The standard InChI is InChI=1S/C13H16O5/c1-14-7-17-10-5-8(15-2)6-11-12(10)9-3-4-16-13(9)18-11/h5-6,9,13H,3-4,7H2,1-2H3/t9-,13+/m0/s1/i2D3. The largest absolute Gasteiger partial charge is 0.496 e. The number of hydrogen-bond donors (Lipinski definition) is 0. The Balaban J connectivity index is 1.95. The van der Waals surface area contributed by atoms with Crippen molar-refractivity contribution in [2.45, 2.75) is 18.6 Å². The molecule has 1 aromatic rings. The third-order valence-corrected chi connectivity index (χ3v) is 3.18. The highest BCUT2D eigenvalue weighted by atomic mass is 16.7. The molecule has 0 amide bonds. The molecule has 18 heavy (non-hydrogen) atoms. The number of ether oxygens (including phenoxy) is 5. The lowest BCUT2D eigenvalue weighted by Gasteiger charge is -2.13. The minimum absolute atomic E-state index is 0.0574. The van der Waals surface area contributed by atoms with Crippen LogP contribution in [0.5, 0.6) is 17.2 Å². The summed E-state index contributed by atoms with van der Waals surface area (Å²) in [7, 11) is -1.02. The van der Waals surface area contributed by atoms with E-state index >= 15 is 0 Å². The average Bonchev–Trinajstić information content (AvgIpc) is 2.93. The molecule has 1 aromatic carbocycles. The van der Waals surface area contributed by atoms with Gasteiger partial charge in [-0.3, -0.25) is 0 Å². The van der Waals surface area contributed by atoms with Gasteiger partial charge in [0.15, 0.2) is 6.79 Å². The number of fused-ring (bicyclic) bond motifs is 3. The molecule has 0 bridgehead atoms. The van der Waals surface area contributed by atoms with Crippen molar-refractivity contribution in [3.05, 3.63) is 17.7 Å². The average molecular weight is 255 g/mol. The Hall–Kier alpha value is -1.46. The molecule has 1 saturated heterocycles. The fraction of sp³-hybridized carbons (Fsp3) is 0.538. The maximum atomic E-state index is 7.18. The quantitative estimate of drug-likeness (QED) is 0.769. The zero-order valence-electron chi connectivity index (χ0n) is 13.0. The van der Waals surface area contributed by atoms with Crippen molar-refractivity contribution in [1.82, 2.24) is 0 Å². The first kappa shape index (κ1) is 8.61. The summed E-state index contributed by atoms with van der Waals surface area (Å²) >= 11 is 0. The van der Waals surface area contributed by atoms with Gasteiger partial charge in [0, 0.05) is 24.8 Å². The highest BCUT2D eigenvalue weighted by Gasteiger charge is 2.42. The maximum absolute atomic E-state index is 7.18. The lowest BCUT2D eigenvalue weighted by atomic mass is 9.97. The van der Waals surface area contributed by atoms with E-state index in [1.54, 1.807) is 12.1 Å². The third kappa shape index (κ3) is 1.79. The molecule has 0 N–H and O–H groups in total. The number of rotatable bonds is 4. The van der Waals surface area contributed by atoms with Crippen molar-refractivity contribution < 1.29 is 27.8 Å². The highest BCUT2D eigenvalue weighted by molar-refractivity contribution is 5.55. The smallest absolute Gasteiger partial charge is 0.207 e. The summed E-state index contributed by atoms with van der Waals surface area (Å²) in [4.78, 5) is 0. The molecule has 2 heterocycles. The van der Waals surface area contributed by atoms with E-state index in [1.807, 2.05) is 0 Å². The van der Waals surface area contributed by atoms with Gasteiger partial charge < -0.3 is 23.7 Å². The Labute approximate surface area is 110 Å². The van der Waals surface area contributed by atoms with Gasteiger partial charge >= 0.3 is 0 Å². The number of hydrogen-bond acceptors (Lipinski definition) is 5. The Morgan fingerprint density at radius 1 is 1.50 bits per heavy atom. The maximum Gasteiger partial charge on any atom is 0.207 e. The Kier molecular flexibility index (Phi) is 2.23. The molecule has 0 aromatic heterocycles. The van der Waals surface area contributed by atoms with Crippen LogP contribution in [0.25, 0.3) is 0 Å². The molecular formula is C13H16O5. The van der Waals surface area contributed by atoms with Gasteiger partial charge in [-0.25, -0.2) is 0 Å². The molecule has 2 aliphatic heterocycles. The fourth-order valence-electron chi connectivity index (χ4n) is 2.43. The number of benzene rings is 1. The topological polar surface area (TPSA) is 46.2 Å². The van der Waals surface area contributed by atoms with Crippen molar-refractivity contribution in [2.75, 3.05) is 27.5 Å². The van der Waals surface area contributed by atoms with Gasteiger partial charge in [-0.05, 0) is 6.42 Å². The van der Waals surface area contributed by atoms with Gasteiger partial charge in [0.05, 0.1) is 23.7 Å². The first-order valence-electron chi connectivity index (χ1n) is 7.25. The van der Waals surface area contributed by atoms with Gasteiger partial charge in [-0.2, -0.15) is 0 Å². The first-order chi connectivity index (χ1) is 9.98. The summed E-state index contributed by atoms with van der Waals surface area (Å²) < 4.78 is 48.1. The van der Waals surface area contributed by atoms with E-state index in [9.17, 15) is 0 Å². The predicted molar refractivity (Wildman–Crippen MR) is 63.2 cm³/mol. The van der Waals surface area contributed by atoms with E-state index in [0.717, 1.165) is 12.0 Å². The van der Waals surface area contributed by atoms with Crippen molar-refractivity contribution in [3.8, 4) is 17.2 Å². The zero-order chi connectivity index (χ0) is 15.0. The fourth-order valence-corrected chi connectivity index (χ4v) is 2.43. The van der Waals surface area contributed by atoms with Crippen molar-refractivity contribution in [2.24, 2.45) is 0 Å². The Morgan fingerprint density at radius 3 is 3.28 bits per heavy atom. The van der Waals surface area contributed by atoms with Crippen LogP contribution in [0.1, 0.15) is 22.0 Å². The predicted octanol–water partition coefficient (Wildman–Crippen LogP) is 1.90. The molecule has 5 heteroatoms. The molecule has 2 atom stereocenters. The van der Waals surface area contributed by atoms with Crippen LogP contribution < -0.4 is 14.2 Å². The number of methoxy groups -OCH3 is 2. The molecule has 0 spiro atoms. The van der Waals surface area contributed by atoms with Crippen LogP contribution in [0.2, 0.25) is 0 Å². The summed E-state index contributed by atoms with van der Waals surface area (Å²) in [5.41, 5.74) is 0.882. The van der Waals surface area contributed by atoms with Crippen molar-refractivity contribution >= 4 is 0 Å². The third-order valence-electron chi connectivity index (χ3n) is 3.18. The molecule has 2 aliphatic rings. The lowest BCUT2D eigenvalue weighted by molar-refractivity contribution is -0.0338. The first-order valence-corrected chi connectivity index (χ1v) is 5.75. The second-order valence-electron chi connectivity index (χ2n) is 4.24. The summed E-state index contributed by atoms with van der Waals surface area (Å²) in [6.07, 6.45) is 0.494. The van der Waals surface area contributed by atoms with E-state index in [4.69, 9.17) is 27.8 Å². The van der Waals surface area contributed by atoms with Gasteiger partial charge in [0.25, 0.3) is 0 Å². The van der Waals surface area contributed by atoms with Crippen LogP contribution in [0.15, 0.2) is 12.1 Å². The molecule has 0 aliphatic carbocycles. The monoisotopic (exact) mass is 255 g/mol. The molecular weight excluding hydrogens is 236 g/mol. The van der Waals surface area contributed by atoms with Crippen LogP contribution in [0.3, 0.4) is 0 Å². The second kappa shape index (κ2) is 4.66. The second-order valence-corrected chi connectivity index (χ2v) is 4.24. The molecule has 0 unspecified atom stereocenters. The van der Waals surface area contributed by atoms with Crippen molar-refractivity contribution in [3.63, 3.8) is 0 Å². The van der Waals surface area contributed by atoms with E-state index in [0.29, 0.717) is 18.1 Å². The van der Waals surface area contributed by atoms with Gasteiger partial charge in [-0.15, -0.1) is 0 Å². The van der Waals surface area contributed by atoms with Crippen LogP contribution in [0, 0.1) is 0 Å². The van der Waals surface area contributed by atoms with Crippen molar-refractivity contribution in [1.29, 1.82) is 0 Å². The van der Waals surface area contributed by atoms with Gasteiger partial charge in [0.2, 0.25) is 6.29 Å². The summed E-state index contributed by atoms with van der Waals surface area (Å²) in [6, 6.07) is 3.11. The normalized spacial score (nSPS) is 27.5. The minimum atomic E-state index is -2.53. The SMILES string of the molecule is [2H]C([2H])([2H])Oc1cc(OCOC)c2c(c1)O[C@H]1OCC[C@@H]21. The molecule has 98 valence electrons. The molecule has 1 fully saturated rings. The molecule has 5 nitrogen and oxygen atoms in total. The van der Waals surface area contributed by atoms with Gasteiger partial charge in [-0.1, -0.05) is 0 Å². The van der Waals surface area contributed by atoms with Crippen LogP contribution in [0.4, 0.5) is 0 Å². The molecule has 0 radical (unpaired) electrons. The lowest BCUT2D eigenvalue weighted by Crippen LogP contribution is -2.14. The Bertz CT molecular complexity index is 531. The van der Waals surface area contributed by atoms with E-state index in [-0.39, 0.29) is 24.8 Å².